The van der Waals surface area contributed by atoms with Gasteiger partial charge in [0.2, 0.25) is 0 Å². The van der Waals surface area contributed by atoms with Crippen LogP contribution in [0.15, 0.2) is 11.4 Å². The van der Waals surface area contributed by atoms with Crippen molar-refractivity contribution in [2.75, 3.05) is 6.61 Å². The molecule has 0 aromatic carbocycles. The van der Waals surface area contributed by atoms with Crippen molar-refractivity contribution in [2.24, 2.45) is 0 Å². The van der Waals surface area contributed by atoms with Crippen molar-refractivity contribution in [1.29, 1.82) is 0 Å². The maximum atomic E-state index is 5.53. The summed E-state index contributed by atoms with van der Waals surface area (Å²) in [6.45, 7) is 5.11. The maximum Gasteiger partial charge on any atom is 0.132 e. The second kappa shape index (κ2) is 4.39. The van der Waals surface area contributed by atoms with E-state index in [-0.39, 0.29) is 0 Å². The van der Waals surface area contributed by atoms with Crippen molar-refractivity contribution >= 4 is 11.3 Å². The minimum atomic E-state index is 0.855. The molecule has 0 atom stereocenters. The average molecular weight is 170 g/mol. The second-order valence-electron chi connectivity index (χ2n) is 2.54. The Kier molecular flexibility index (Phi) is 3.43. The Morgan fingerprint density at radius 3 is 2.91 bits per heavy atom. The Balaban J connectivity index is 2.32. The highest BCUT2D eigenvalue weighted by molar-refractivity contribution is 7.10. The van der Waals surface area contributed by atoms with Gasteiger partial charge in [-0.15, -0.1) is 11.3 Å². The molecule has 62 valence electrons. The van der Waals surface area contributed by atoms with Gasteiger partial charge in [0.15, 0.2) is 0 Å². The SMILES string of the molecule is CCCCOc1ccsc1C. The van der Waals surface area contributed by atoms with Crippen LogP contribution in [0.25, 0.3) is 0 Å². The molecule has 0 saturated carbocycles. The monoisotopic (exact) mass is 170 g/mol. The van der Waals surface area contributed by atoms with Gasteiger partial charge in [0, 0.05) is 4.88 Å². The number of thiophene rings is 1. The molecule has 0 aliphatic rings. The minimum Gasteiger partial charge on any atom is -0.492 e. The van der Waals surface area contributed by atoms with Crippen LogP contribution in [0, 0.1) is 6.92 Å². The van der Waals surface area contributed by atoms with E-state index in [9.17, 15) is 0 Å². The molecule has 0 saturated heterocycles. The summed E-state index contributed by atoms with van der Waals surface area (Å²) in [5, 5.41) is 2.07. The van der Waals surface area contributed by atoms with E-state index in [4.69, 9.17) is 4.74 Å². The molecule has 1 rings (SSSR count). The average Bonchev–Trinajstić information content (AvgIpc) is 2.37. The van der Waals surface area contributed by atoms with Crippen LogP contribution in [-0.4, -0.2) is 6.61 Å². The van der Waals surface area contributed by atoms with Crippen LogP contribution < -0.4 is 4.74 Å². The molecule has 1 aromatic heterocycles. The van der Waals surface area contributed by atoms with E-state index in [1.54, 1.807) is 11.3 Å². The van der Waals surface area contributed by atoms with Crippen molar-refractivity contribution in [3.8, 4) is 5.75 Å². The number of hydrogen-bond donors (Lipinski definition) is 0. The summed E-state index contributed by atoms with van der Waals surface area (Å²) < 4.78 is 5.53. The molecular formula is C9H14OS. The van der Waals surface area contributed by atoms with Gasteiger partial charge in [-0.05, 0) is 24.8 Å². The summed E-state index contributed by atoms with van der Waals surface area (Å²) in [5.41, 5.74) is 0. The molecule has 0 aliphatic carbocycles. The van der Waals surface area contributed by atoms with Crippen molar-refractivity contribution in [2.45, 2.75) is 26.7 Å². The van der Waals surface area contributed by atoms with Crippen LogP contribution in [0.4, 0.5) is 0 Å². The zero-order valence-corrected chi connectivity index (χ0v) is 7.91. The summed E-state index contributed by atoms with van der Waals surface area (Å²) >= 11 is 1.74. The third kappa shape index (κ3) is 2.54. The normalized spacial score (nSPS) is 10.0. The van der Waals surface area contributed by atoms with E-state index in [1.807, 2.05) is 6.07 Å². The van der Waals surface area contributed by atoms with E-state index >= 15 is 0 Å². The standard InChI is InChI=1S/C9H14OS/c1-3-4-6-10-9-5-7-11-8(9)2/h5,7H,3-4,6H2,1-2H3. The highest BCUT2D eigenvalue weighted by atomic mass is 32.1. The van der Waals surface area contributed by atoms with Crippen LogP contribution >= 0.6 is 11.3 Å². The van der Waals surface area contributed by atoms with Gasteiger partial charge in [-0.1, -0.05) is 13.3 Å². The summed E-state index contributed by atoms with van der Waals surface area (Å²) in [5.74, 6) is 1.06. The lowest BCUT2D eigenvalue weighted by Gasteiger charge is -2.02. The largest absolute Gasteiger partial charge is 0.492 e. The maximum absolute atomic E-state index is 5.53. The van der Waals surface area contributed by atoms with Gasteiger partial charge in [-0.25, -0.2) is 0 Å². The molecular weight excluding hydrogens is 156 g/mol. The van der Waals surface area contributed by atoms with E-state index in [0.717, 1.165) is 18.8 Å². The van der Waals surface area contributed by atoms with Gasteiger partial charge >= 0.3 is 0 Å². The van der Waals surface area contributed by atoms with Gasteiger partial charge in [-0.2, -0.15) is 0 Å². The van der Waals surface area contributed by atoms with Gasteiger partial charge in [-0.3, -0.25) is 0 Å². The molecule has 0 unspecified atom stereocenters. The van der Waals surface area contributed by atoms with Gasteiger partial charge in [0.25, 0.3) is 0 Å². The zero-order chi connectivity index (χ0) is 8.10. The minimum absolute atomic E-state index is 0.855. The van der Waals surface area contributed by atoms with Gasteiger partial charge < -0.3 is 4.74 Å². The molecule has 0 amide bonds. The summed E-state index contributed by atoms with van der Waals surface area (Å²) in [6.07, 6.45) is 2.35. The number of hydrogen-bond acceptors (Lipinski definition) is 2. The molecule has 11 heavy (non-hydrogen) atoms. The van der Waals surface area contributed by atoms with Crippen molar-refractivity contribution in [3.63, 3.8) is 0 Å². The highest BCUT2D eigenvalue weighted by Crippen LogP contribution is 2.23. The van der Waals surface area contributed by atoms with Crippen molar-refractivity contribution < 1.29 is 4.74 Å². The summed E-state index contributed by atoms with van der Waals surface area (Å²) in [7, 11) is 0. The van der Waals surface area contributed by atoms with Crippen LogP contribution in [0.5, 0.6) is 5.75 Å². The molecule has 0 N–H and O–H groups in total. The van der Waals surface area contributed by atoms with Gasteiger partial charge in [0.05, 0.1) is 6.61 Å². The second-order valence-corrected chi connectivity index (χ2v) is 3.66. The molecule has 1 heterocycles. The van der Waals surface area contributed by atoms with E-state index in [0.29, 0.717) is 0 Å². The summed E-state index contributed by atoms with van der Waals surface area (Å²) in [4.78, 5) is 1.28. The molecule has 0 fully saturated rings. The first-order chi connectivity index (χ1) is 5.34. The molecule has 2 heteroatoms. The van der Waals surface area contributed by atoms with Crippen molar-refractivity contribution in [3.05, 3.63) is 16.3 Å². The zero-order valence-electron chi connectivity index (χ0n) is 7.09. The third-order valence-electron chi connectivity index (χ3n) is 1.57. The van der Waals surface area contributed by atoms with Crippen LogP contribution in [0.1, 0.15) is 24.6 Å². The van der Waals surface area contributed by atoms with Crippen LogP contribution in [0.2, 0.25) is 0 Å². The fourth-order valence-corrected chi connectivity index (χ4v) is 1.49. The molecule has 1 nitrogen and oxygen atoms in total. The number of aryl methyl sites for hydroxylation is 1. The first-order valence-corrected chi connectivity index (χ1v) is 4.89. The quantitative estimate of drug-likeness (QED) is 0.630. The predicted octanol–water partition coefficient (Wildman–Crippen LogP) is 3.24. The van der Waals surface area contributed by atoms with Crippen molar-refractivity contribution in [1.82, 2.24) is 0 Å². The van der Waals surface area contributed by atoms with Crippen LogP contribution in [-0.2, 0) is 0 Å². The Bertz CT molecular complexity index is 205. The lowest BCUT2D eigenvalue weighted by Crippen LogP contribution is -1.95. The Morgan fingerprint density at radius 1 is 1.55 bits per heavy atom. The number of ether oxygens (including phenoxy) is 1. The number of unbranched alkanes of at least 4 members (excludes halogenated alkanes) is 1. The first kappa shape index (κ1) is 8.60. The predicted molar refractivity (Wildman–Crippen MR) is 49.5 cm³/mol. The third-order valence-corrected chi connectivity index (χ3v) is 2.39. The molecule has 0 radical (unpaired) electrons. The first-order valence-electron chi connectivity index (χ1n) is 4.01. The number of rotatable bonds is 4. The lowest BCUT2D eigenvalue weighted by molar-refractivity contribution is 0.309. The van der Waals surface area contributed by atoms with E-state index in [2.05, 4.69) is 19.2 Å². The Morgan fingerprint density at radius 2 is 2.36 bits per heavy atom. The van der Waals surface area contributed by atoms with E-state index in [1.165, 1.54) is 11.3 Å². The molecule has 0 bridgehead atoms. The van der Waals surface area contributed by atoms with Gasteiger partial charge in [0.1, 0.15) is 5.75 Å². The smallest absolute Gasteiger partial charge is 0.132 e. The highest BCUT2D eigenvalue weighted by Gasteiger charge is 1.97. The Labute approximate surface area is 72.0 Å². The fraction of sp³-hybridized carbons (Fsp3) is 0.556. The fourth-order valence-electron chi connectivity index (χ4n) is 0.850. The Hall–Kier alpha value is -0.500. The van der Waals surface area contributed by atoms with E-state index < -0.39 is 0 Å². The molecule has 0 aliphatic heterocycles. The summed E-state index contributed by atoms with van der Waals surface area (Å²) in [6, 6.07) is 2.04. The topological polar surface area (TPSA) is 9.23 Å². The molecule has 0 spiro atoms. The van der Waals surface area contributed by atoms with Crippen LogP contribution in [0.3, 0.4) is 0 Å². The molecule has 1 aromatic rings. The lowest BCUT2D eigenvalue weighted by atomic mass is 10.3.